The summed E-state index contributed by atoms with van der Waals surface area (Å²) in [5.41, 5.74) is 0.744. The molecule has 0 radical (unpaired) electrons. The van der Waals surface area contributed by atoms with Crippen LogP contribution in [0.5, 0.6) is 0 Å². The van der Waals surface area contributed by atoms with Crippen molar-refractivity contribution in [2.45, 2.75) is 0 Å². The molecule has 0 aliphatic carbocycles. The number of carbonyl (C=O) groups is 2. The SMILES string of the molecule is O=C(C=C([O-])c1ccc(Cl)cc1)C(=O)Nc1cccc(Br)c1. The summed E-state index contributed by atoms with van der Waals surface area (Å²) in [6, 6.07) is 12.8. The zero-order valence-corrected chi connectivity index (χ0v) is 13.5. The molecule has 0 atom stereocenters. The Hall–Kier alpha value is -2.11. The number of hydrogen-bond donors (Lipinski definition) is 1. The highest BCUT2D eigenvalue weighted by molar-refractivity contribution is 9.10. The van der Waals surface area contributed by atoms with Crippen molar-refractivity contribution in [1.29, 1.82) is 0 Å². The molecule has 0 aliphatic heterocycles. The minimum absolute atomic E-state index is 0.285. The van der Waals surface area contributed by atoms with E-state index in [0.717, 1.165) is 10.5 Å². The third-order valence-electron chi connectivity index (χ3n) is 2.70. The van der Waals surface area contributed by atoms with E-state index in [1.807, 2.05) is 0 Å². The van der Waals surface area contributed by atoms with Gasteiger partial charge in [0.15, 0.2) is 0 Å². The van der Waals surface area contributed by atoms with Gasteiger partial charge in [0.2, 0.25) is 5.78 Å². The Bertz CT molecular complexity index is 741. The number of carbonyl (C=O) groups excluding carboxylic acids is 2. The third kappa shape index (κ3) is 4.44. The highest BCUT2D eigenvalue weighted by Gasteiger charge is 2.11. The van der Waals surface area contributed by atoms with Gasteiger partial charge in [0.25, 0.3) is 5.91 Å². The summed E-state index contributed by atoms with van der Waals surface area (Å²) in [4.78, 5) is 23.5. The predicted octanol–water partition coefficient (Wildman–Crippen LogP) is 3.01. The zero-order chi connectivity index (χ0) is 16.1. The van der Waals surface area contributed by atoms with Crippen molar-refractivity contribution in [3.05, 3.63) is 69.7 Å². The van der Waals surface area contributed by atoms with Crippen molar-refractivity contribution in [2.24, 2.45) is 0 Å². The molecule has 0 aromatic heterocycles. The molecule has 0 bridgehead atoms. The van der Waals surface area contributed by atoms with E-state index in [-0.39, 0.29) is 5.56 Å². The molecule has 0 aliphatic rings. The monoisotopic (exact) mass is 378 g/mol. The fourth-order valence-electron chi connectivity index (χ4n) is 1.64. The summed E-state index contributed by atoms with van der Waals surface area (Å²) in [6.45, 7) is 0. The summed E-state index contributed by atoms with van der Waals surface area (Å²) in [7, 11) is 0. The number of hydrogen-bond acceptors (Lipinski definition) is 3. The average Bonchev–Trinajstić information content (AvgIpc) is 2.47. The van der Waals surface area contributed by atoms with Gasteiger partial charge < -0.3 is 10.4 Å². The van der Waals surface area contributed by atoms with E-state index in [2.05, 4.69) is 21.2 Å². The van der Waals surface area contributed by atoms with Crippen LogP contribution in [-0.4, -0.2) is 11.7 Å². The van der Waals surface area contributed by atoms with E-state index >= 15 is 0 Å². The summed E-state index contributed by atoms with van der Waals surface area (Å²) in [5, 5.41) is 14.8. The molecule has 0 spiro atoms. The Kier molecular flexibility index (Phi) is 5.35. The number of nitrogens with one attached hydrogen (secondary N) is 1. The van der Waals surface area contributed by atoms with Crippen LogP contribution in [0.25, 0.3) is 5.76 Å². The second kappa shape index (κ2) is 7.24. The van der Waals surface area contributed by atoms with Gasteiger partial charge in [-0.25, -0.2) is 0 Å². The van der Waals surface area contributed by atoms with Gasteiger partial charge in [-0.05, 0) is 42.0 Å². The van der Waals surface area contributed by atoms with Crippen LogP contribution in [0.1, 0.15) is 5.56 Å². The van der Waals surface area contributed by atoms with Crippen molar-refractivity contribution in [1.82, 2.24) is 0 Å². The fourth-order valence-corrected chi connectivity index (χ4v) is 2.17. The lowest BCUT2D eigenvalue weighted by atomic mass is 10.1. The molecule has 1 N–H and O–H groups in total. The predicted molar refractivity (Wildman–Crippen MR) is 87.2 cm³/mol. The molecule has 6 heteroatoms. The molecule has 2 rings (SSSR count). The van der Waals surface area contributed by atoms with Crippen LogP contribution >= 0.6 is 27.5 Å². The molecule has 0 saturated carbocycles. The van der Waals surface area contributed by atoms with E-state index in [9.17, 15) is 14.7 Å². The lowest BCUT2D eigenvalue weighted by Crippen LogP contribution is -2.22. The second-order valence-corrected chi connectivity index (χ2v) is 5.70. The molecular weight excluding hydrogens is 370 g/mol. The maximum absolute atomic E-state index is 11.9. The van der Waals surface area contributed by atoms with E-state index in [4.69, 9.17) is 11.6 Å². The minimum Gasteiger partial charge on any atom is -0.872 e. The number of amides is 1. The van der Waals surface area contributed by atoms with Crippen molar-refractivity contribution in [3.63, 3.8) is 0 Å². The molecule has 0 saturated heterocycles. The highest BCUT2D eigenvalue weighted by Crippen LogP contribution is 2.16. The number of anilines is 1. The Labute approximate surface area is 140 Å². The summed E-state index contributed by atoms with van der Waals surface area (Å²) in [5.74, 6) is -2.34. The molecule has 1 amide bonds. The number of ketones is 1. The van der Waals surface area contributed by atoms with Gasteiger partial charge in [0, 0.05) is 15.2 Å². The van der Waals surface area contributed by atoms with Gasteiger partial charge >= 0.3 is 0 Å². The molecule has 0 heterocycles. The highest BCUT2D eigenvalue weighted by atomic mass is 79.9. The summed E-state index contributed by atoms with van der Waals surface area (Å²) < 4.78 is 0.763. The van der Waals surface area contributed by atoms with E-state index in [1.165, 1.54) is 24.3 Å². The largest absolute Gasteiger partial charge is 0.872 e. The maximum Gasteiger partial charge on any atom is 0.296 e. The van der Waals surface area contributed by atoms with E-state index in [1.54, 1.807) is 24.3 Å². The third-order valence-corrected chi connectivity index (χ3v) is 3.44. The van der Waals surface area contributed by atoms with E-state index in [0.29, 0.717) is 10.7 Å². The zero-order valence-electron chi connectivity index (χ0n) is 11.2. The first kappa shape index (κ1) is 16.3. The van der Waals surface area contributed by atoms with Crippen molar-refractivity contribution >= 4 is 50.7 Å². The van der Waals surface area contributed by atoms with Crippen molar-refractivity contribution in [3.8, 4) is 0 Å². The Morgan fingerprint density at radius 3 is 2.45 bits per heavy atom. The second-order valence-electron chi connectivity index (χ2n) is 4.34. The van der Waals surface area contributed by atoms with Gasteiger partial charge in [-0.1, -0.05) is 51.5 Å². The van der Waals surface area contributed by atoms with Crippen molar-refractivity contribution < 1.29 is 14.7 Å². The van der Waals surface area contributed by atoms with E-state index < -0.39 is 17.4 Å². The quantitative estimate of drug-likeness (QED) is 0.504. The molecule has 0 unspecified atom stereocenters. The van der Waals surface area contributed by atoms with Crippen LogP contribution < -0.4 is 10.4 Å². The Balaban J connectivity index is 2.08. The van der Waals surface area contributed by atoms with Gasteiger partial charge in [-0.2, -0.15) is 0 Å². The average molecular weight is 380 g/mol. The summed E-state index contributed by atoms with van der Waals surface area (Å²) in [6.07, 6.45) is 0.760. The van der Waals surface area contributed by atoms with Crippen LogP contribution in [0.2, 0.25) is 5.02 Å². The Morgan fingerprint density at radius 2 is 1.82 bits per heavy atom. The van der Waals surface area contributed by atoms with Crippen molar-refractivity contribution in [2.75, 3.05) is 5.32 Å². The Morgan fingerprint density at radius 1 is 1.14 bits per heavy atom. The molecule has 2 aromatic rings. The van der Waals surface area contributed by atoms with Crippen LogP contribution in [0.4, 0.5) is 5.69 Å². The van der Waals surface area contributed by atoms with Gasteiger partial charge in [0.05, 0.1) is 0 Å². The lowest BCUT2D eigenvalue weighted by molar-refractivity contribution is -0.243. The molecular formula is C16H10BrClNO3-. The fraction of sp³-hybridized carbons (Fsp3) is 0. The standard InChI is InChI=1S/C16H11BrClNO3/c17-11-2-1-3-13(8-11)19-16(22)15(21)9-14(20)10-4-6-12(18)7-5-10/h1-9,20H,(H,19,22)/p-1. The molecule has 112 valence electrons. The van der Waals surface area contributed by atoms with Gasteiger partial charge in [-0.15, -0.1) is 0 Å². The molecule has 0 fully saturated rings. The topological polar surface area (TPSA) is 69.2 Å². The van der Waals surface area contributed by atoms with Crippen LogP contribution in [0, 0.1) is 0 Å². The smallest absolute Gasteiger partial charge is 0.296 e. The number of benzene rings is 2. The van der Waals surface area contributed by atoms with Crippen LogP contribution in [0.3, 0.4) is 0 Å². The first-order chi connectivity index (χ1) is 10.5. The molecule has 2 aromatic carbocycles. The number of rotatable bonds is 4. The first-order valence-corrected chi connectivity index (χ1v) is 7.38. The van der Waals surface area contributed by atoms with Gasteiger partial charge in [0.1, 0.15) is 0 Å². The lowest BCUT2D eigenvalue weighted by Gasteiger charge is -2.11. The molecule has 4 nitrogen and oxygen atoms in total. The summed E-state index contributed by atoms with van der Waals surface area (Å²) >= 11 is 8.98. The molecule has 22 heavy (non-hydrogen) atoms. The van der Waals surface area contributed by atoms with Crippen LogP contribution in [0.15, 0.2) is 59.1 Å². The van der Waals surface area contributed by atoms with Gasteiger partial charge in [-0.3, -0.25) is 9.59 Å². The normalized spacial score (nSPS) is 11.1. The van der Waals surface area contributed by atoms with Crippen LogP contribution in [-0.2, 0) is 9.59 Å². The first-order valence-electron chi connectivity index (χ1n) is 6.21. The minimum atomic E-state index is -0.917. The maximum atomic E-state index is 11.9. The number of halogens is 2.